The smallest absolute Gasteiger partial charge is 0.407 e. The summed E-state index contributed by atoms with van der Waals surface area (Å²) in [7, 11) is 0. The molecule has 2 saturated heterocycles. The zero-order valence-corrected chi connectivity index (χ0v) is 26.8. The predicted molar refractivity (Wildman–Crippen MR) is 166 cm³/mol. The maximum atomic E-state index is 13.6. The van der Waals surface area contributed by atoms with Crippen LogP contribution in [-0.2, 0) is 11.2 Å². The first-order valence-electron chi connectivity index (χ1n) is 15.9. The lowest BCUT2D eigenvalue weighted by atomic mass is 10.0. The van der Waals surface area contributed by atoms with Crippen LogP contribution >= 0.6 is 0 Å². The van der Waals surface area contributed by atoms with Crippen molar-refractivity contribution >= 4 is 24.0 Å². The number of aromatic nitrogens is 4. The molecule has 2 amide bonds. The number of alkyl carbamates (subject to hydrolysis) is 1. The summed E-state index contributed by atoms with van der Waals surface area (Å²) in [5.41, 5.74) is -0.0262. The number of hydrogen-bond donors (Lipinski definition) is 1. The van der Waals surface area contributed by atoms with Crippen molar-refractivity contribution in [3.63, 3.8) is 0 Å². The van der Waals surface area contributed by atoms with Crippen molar-refractivity contribution in [2.24, 2.45) is 0 Å². The van der Waals surface area contributed by atoms with Gasteiger partial charge in [0.2, 0.25) is 5.95 Å². The van der Waals surface area contributed by atoms with E-state index < -0.39 is 23.3 Å². The van der Waals surface area contributed by atoms with E-state index in [0.717, 1.165) is 82.4 Å². The number of carbonyl (C=O) groups is 2. The Hall–Kier alpha value is -4.36. The van der Waals surface area contributed by atoms with Crippen LogP contribution in [0.5, 0.6) is 0 Å². The molecule has 1 aliphatic carbocycles. The Morgan fingerprint density at radius 3 is 2.09 bits per heavy atom. The van der Waals surface area contributed by atoms with Gasteiger partial charge in [-0.05, 0) is 77.1 Å². The monoisotopic (exact) mass is 640 g/mol. The molecule has 1 atom stereocenters. The Labute approximate surface area is 267 Å². The molecule has 0 bridgehead atoms. The quantitative estimate of drug-likeness (QED) is 0.386. The molecule has 2 aliphatic heterocycles. The Morgan fingerprint density at radius 1 is 0.957 bits per heavy atom. The van der Waals surface area contributed by atoms with E-state index in [-0.39, 0.29) is 24.0 Å². The number of anilines is 2. The van der Waals surface area contributed by atoms with Gasteiger partial charge in [0.1, 0.15) is 17.2 Å². The van der Waals surface area contributed by atoms with Gasteiger partial charge in [-0.1, -0.05) is 12.1 Å². The van der Waals surface area contributed by atoms with Crippen LogP contribution in [0.15, 0.2) is 41.2 Å². The number of rotatable bonds is 7. The number of nitrogens with one attached hydrogen (secondary N) is 1. The number of halogens is 2. The van der Waals surface area contributed by atoms with Gasteiger partial charge in [-0.2, -0.15) is 4.98 Å². The van der Waals surface area contributed by atoms with E-state index >= 15 is 0 Å². The topological polar surface area (TPSA) is 130 Å². The van der Waals surface area contributed by atoms with Gasteiger partial charge < -0.3 is 29.3 Å². The molecule has 12 nitrogen and oxygen atoms in total. The average Bonchev–Trinajstić information content (AvgIpc) is 3.54. The summed E-state index contributed by atoms with van der Waals surface area (Å²) < 4.78 is 34.6. The third kappa shape index (κ3) is 8.88. The third-order valence-electron chi connectivity index (χ3n) is 7.96. The number of hydrogen-bond acceptors (Lipinski definition) is 10. The minimum Gasteiger partial charge on any atom is -0.444 e. The molecule has 1 unspecified atom stereocenters. The van der Waals surface area contributed by atoms with Crippen LogP contribution in [0.3, 0.4) is 0 Å². The summed E-state index contributed by atoms with van der Waals surface area (Å²) in [4.78, 5) is 45.3. The van der Waals surface area contributed by atoms with Crippen LogP contribution < -0.4 is 15.1 Å². The van der Waals surface area contributed by atoms with E-state index in [1.165, 1.54) is 0 Å². The van der Waals surface area contributed by atoms with E-state index in [1.54, 1.807) is 12.4 Å². The van der Waals surface area contributed by atoms with Crippen molar-refractivity contribution in [2.75, 3.05) is 36.0 Å². The highest BCUT2D eigenvalue weighted by Gasteiger charge is 2.40. The fourth-order valence-corrected chi connectivity index (χ4v) is 5.54. The average molecular weight is 641 g/mol. The zero-order chi connectivity index (χ0) is 32.8. The summed E-state index contributed by atoms with van der Waals surface area (Å²) in [5, 5.41) is 6.92. The Balaban J connectivity index is 0.000000455. The van der Waals surface area contributed by atoms with E-state index in [0.29, 0.717) is 29.9 Å². The second-order valence-electron chi connectivity index (χ2n) is 12.8. The van der Waals surface area contributed by atoms with Crippen molar-refractivity contribution in [1.82, 2.24) is 30.3 Å². The maximum absolute atomic E-state index is 13.6. The number of nitrogens with zero attached hydrogens (tertiary/aromatic N) is 7. The lowest BCUT2D eigenvalue weighted by Crippen LogP contribution is -2.48. The lowest BCUT2D eigenvalue weighted by Gasteiger charge is -2.38. The predicted octanol–water partition coefficient (Wildman–Crippen LogP) is 4.76. The molecule has 4 heterocycles. The summed E-state index contributed by atoms with van der Waals surface area (Å²) in [6, 6.07) is 5.30. The molecule has 3 aromatic rings. The standard InChI is InChI=1S/C26H38N8O4.C6H4F2/c1-5-21-30-24(38-31-21)32-12-9-20(10-13-32)34(19-6-7-19)22(35)17-14-27-23(28-15-17)33-11-8-18(16-33)29-25(36)37-26(2,3)4;7-5-1-2-6(8)4-3-5/h14-15,18-20H,5-13,16H2,1-4H3,(H,29,36);1-4H. The molecule has 46 heavy (non-hydrogen) atoms. The zero-order valence-electron chi connectivity index (χ0n) is 26.8. The van der Waals surface area contributed by atoms with E-state index in [1.807, 2.05) is 32.6 Å². The molecule has 0 spiro atoms. The van der Waals surface area contributed by atoms with Crippen LogP contribution in [0, 0.1) is 11.6 Å². The van der Waals surface area contributed by atoms with Crippen molar-refractivity contribution < 1.29 is 27.6 Å². The van der Waals surface area contributed by atoms with Gasteiger partial charge in [0.25, 0.3) is 5.91 Å². The summed E-state index contributed by atoms with van der Waals surface area (Å²) >= 11 is 0. The SMILES string of the molecule is CCc1noc(N2CCC(N(C(=O)c3cnc(N4CCC(NC(=O)OC(C)(C)C)C4)nc3)C3CC3)CC2)n1.Fc1ccc(F)cc1. The van der Waals surface area contributed by atoms with Crippen LogP contribution in [0.2, 0.25) is 0 Å². The minimum absolute atomic E-state index is 0.00514. The summed E-state index contributed by atoms with van der Waals surface area (Å²) in [5.74, 6) is 0.448. The van der Waals surface area contributed by atoms with E-state index in [9.17, 15) is 18.4 Å². The highest BCUT2D eigenvalue weighted by atomic mass is 19.1. The number of aryl methyl sites for hydroxylation is 1. The van der Waals surface area contributed by atoms with Crippen LogP contribution in [-0.4, -0.2) is 86.9 Å². The van der Waals surface area contributed by atoms with Crippen LogP contribution in [0.25, 0.3) is 0 Å². The molecule has 1 aromatic carbocycles. The minimum atomic E-state index is -0.536. The van der Waals surface area contributed by atoms with Gasteiger partial charge in [0.15, 0.2) is 5.82 Å². The lowest BCUT2D eigenvalue weighted by molar-refractivity contribution is 0.0508. The third-order valence-corrected chi connectivity index (χ3v) is 7.96. The highest BCUT2D eigenvalue weighted by molar-refractivity contribution is 5.94. The first kappa shape index (κ1) is 33.0. The number of ether oxygens (including phenoxy) is 1. The second-order valence-corrected chi connectivity index (χ2v) is 12.8. The van der Waals surface area contributed by atoms with Gasteiger partial charge in [0, 0.05) is 57.1 Å². The van der Waals surface area contributed by atoms with Crippen molar-refractivity contribution in [2.45, 2.75) is 89.9 Å². The maximum Gasteiger partial charge on any atom is 0.407 e. The van der Waals surface area contributed by atoms with Crippen molar-refractivity contribution in [1.29, 1.82) is 0 Å². The molecular weight excluding hydrogens is 598 g/mol. The first-order valence-corrected chi connectivity index (χ1v) is 15.9. The number of carbonyl (C=O) groups excluding carboxylic acids is 2. The van der Waals surface area contributed by atoms with Crippen molar-refractivity contribution in [3.8, 4) is 0 Å². The normalized spacial score (nSPS) is 18.5. The Kier molecular flexibility index (Phi) is 10.3. The molecule has 1 saturated carbocycles. The summed E-state index contributed by atoms with van der Waals surface area (Å²) in [6.07, 6.45) is 8.15. The largest absolute Gasteiger partial charge is 0.444 e. The van der Waals surface area contributed by atoms with Gasteiger partial charge >= 0.3 is 12.1 Å². The van der Waals surface area contributed by atoms with Gasteiger partial charge in [-0.25, -0.2) is 23.5 Å². The molecule has 0 radical (unpaired) electrons. The summed E-state index contributed by atoms with van der Waals surface area (Å²) in [6.45, 7) is 10.4. The second kappa shape index (κ2) is 14.4. The Morgan fingerprint density at radius 2 is 1.54 bits per heavy atom. The molecule has 3 fully saturated rings. The van der Waals surface area contributed by atoms with Gasteiger partial charge in [-0.3, -0.25) is 4.79 Å². The molecule has 3 aliphatic rings. The molecule has 1 N–H and O–H groups in total. The van der Waals surface area contributed by atoms with Gasteiger partial charge in [0.05, 0.1) is 11.6 Å². The van der Waals surface area contributed by atoms with E-state index in [4.69, 9.17) is 9.26 Å². The fourth-order valence-electron chi connectivity index (χ4n) is 5.54. The van der Waals surface area contributed by atoms with E-state index in [2.05, 4.69) is 35.2 Å². The van der Waals surface area contributed by atoms with Crippen LogP contribution in [0.4, 0.5) is 25.5 Å². The number of benzene rings is 1. The van der Waals surface area contributed by atoms with Crippen LogP contribution in [0.1, 0.15) is 76.0 Å². The highest BCUT2D eigenvalue weighted by Crippen LogP contribution is 2.34. The number of piperidine rings is 1. The van der Waals surface area contributed by atoms with Gasteiger partial charge in [-0.15, -0.1) is 0 Å². The molecular formula is C32H42F2N8O4. The molecule has 2 aromatic heterocycles. The molecule has 14 heteroatoms. The Bertz CT molecular complexity index is 1430. The fraction of sp³-hybridized carbons (Fsp3) is 0.562. The molecule has 248 valence electrons. The molecule has 6 rings (SSSR count). The first-order chi connectivity index (χ1) is 22.0. The number of amides is 2. The van der Waals surface area contributed by atoms with Crippen molar-refractivity contribution in [3.05, 3.63) is 59.7 Å².